The maximum Gasteiger partial charge on any atom is 0.251 e. The predicted molar refractivity (Wildman–Crippen MR) is 107 cm³/mol. The number of amides is 2. The van der Waals surface area contributed by atoms with Crippen molar-refractivity contribution in [2.45, 2.75) is 12.5 Å². The number of pyridine rings is 1. The van der Waals surface area contributed by atoms with Crippen LogP contribution in [0.2, 0.25) is 0 Å². The molecule has 2 N–H and O–H groups in total. The molecular weight excluding hydrogens is 354 g/mol. The van der Waals surface area contributed by atoms with Crippen LogP contribution in [-0.4, -0.2) is 29.9 Å². The van der Waals surface area contributed by atoms with E-state index in [0.717, 1.165) is 5.56 Å². The zero-order valence-electron chi connectivity index (χ0n) is 15.5. The first-order valence-electron chi connectivity index (χ1n) is 8.86. The highest BCUT2D eigenvalue weighted by molar-refractivity contribution is 6.01. The molecule has 0 fully saturated rings. The van der Waals surface area contributed by atoms with Gasteiger partial charge in [-0.15, -0.1) is 0 Å². The number of benzene rings is 2. The second-order valence-electron chi connectivity index (χ2n) is 6.16. The highest BCUT2D eigenvalue weighted by Crippen LogP contribution is 2.13. The third-order valence-electron chi connectivity index (χ3n) is 4.15. The number of carbonyl (C=O) groups excluding carboxylic acids is 2. The van der Waals surface area contributed by atoms with Crippen molar-refractivity contribution in [3.63, 3.8) is 0 Å². The molecule has 142 valence electrons. The number of nitrogens with one attached hydrogen (secondary N) is 2. The summed E-state index contributed by atoms with van der Waals surface area (Å²) in [6.07, 6.45) is 1.88. The van der Waals surface area contributed by atoms with Crippen molar-refractivity contribution in [2.75, 3.05) is 12.4 Å². The Bertz CT molecular complexity index is 913. The number of hydrogen-bond donors (Lipinski definition) is 2. The van der Waals surface area contributed by atoms with Crippen LogP contribution in [0.15, 0.2) is 79.0 Å². The van der Waals surface area contributed by atoms with E-state index in [4.69, 9.17) is 4.74 Å². The van der Waals surface area contributed by atoms with Crippen LogP contribution < -0.4 is 15.4 Å². The average Bonchev–Trinajstić information content (AvgIpc) is 2.75. The summed E-state index contributed by atoms with van der Waals surface area (Å²) in [7, 11) is 1.52. The van der Waals surface area contributed by atoms with Gasteiger partial charge in [0.05, 0.1) is 19.0 Å². The van der Waals surface area contributed by atoms with Gasteiger partial charge in [-0.3, -0.25) is 9.59 Å². The number of anilines is 1. The first-order chi connectivity index (χ1) is 13.7. The molecule has 0 aliphatic rings. The molecule has 1 heterocycles. The van der Waals surface area contributed by atoms with Crippen LogP contribution in [0.5, 0.6) is 5.88 Å². The van der Waals surface area contributed by atoms with E-state index in [1.807, 2.05) is 36.4 Å². The molecule has 6 heteroatoms. The molecule has 1 unspecified atom stereocenters. The van der Waals surface area contributed by atoms with Crippen LogP contribution in [-0.2, 0) is 11.2 Å². The molecule has 0 spiro atoms. The van der Waals surface area contributed by atoms with Gasteiger partial charge < -0.3 is 15.4 Å². The van der Waals surface area contributed by atoms with E-state index in [-0.39, 0.29) is 11.8 Å². The summed E-state index contributed by atoms with van der Waals surface area (Å²) in [5.74, 6) is -0.166. The van der Waals surface area contributed by atoms with Crippen LogP contribution in [0.25, 0.3) is 0 Å². The molecule has 0 bridgehead atoms. The quantitative estimate of drug-likeness (QED) is 0.665. The smallest absolute Gasteiger partial charge is 0.251 e. The van der Waals surface area contributed by atoms with Gasteiger partial charge in [-0.2, -0.15) is 0 Å². The van der Waals surface area contributed by atoms with Crippen LogP contribution in [0.1, 0.15) is 15.9 Å². The number of carbonyl (C=O) groups is 2. The van der Waals surface area contributed by atoms with Crippen molar-refractivity contribution in [3.8, 4) is 5.88 Å². The van der Waals surface area contributed by atoms with Gasteiger partial charge in [0, 0.05) is 18.1 Å². The van der Waals surface area contributed by atoms with E-state index in [9.17, 15) is 9.59 Å². The topological polar surface area (TPSA) is 80.3 Å². The second kappa shape index (κ2) is 9.32. The minimum Gasteiger partial charge on any atom is -0.481 e. The highest BCUT2D eigenvalue weighted by Gasteiger charge is 2.22. The maximum atomic E-state index is 12.9. The molecule has 3 rings (SSSR count). The Kier molecular flexibility index (Phi) is 6.36. The molecule has 3 aromatic rings. The van der Waals surface area contributed by atoms with Gasteiger partial charge in [-0.05, 0) is 23.8 Å². The van der Waals surface area contributed by atoms with Gasteiger partial charge in [-0.1, -0.05) is 48.5 Å². The van der Waals surface area contributed by atoms with E-state index >= 15 is 0 Å². The molecule has 1 aromatic heterocycles. The molecule has 0 aliphatic heterocycles. The van der Waals surface area contributed by atoms with E-state index in [1.165, 1.54) is 13.3 Å². The summed E-state index contributed by atoms with van der Waals surface area (Å²) in [6.45, 7) is 0. The number of ether oxygens (including phenoxy) is 1. The van der Waals surface area contributed by atoms with Gasteiger partial charge in [0.1, 0.15) is 6.04 Å². The lowest BCUT2D eigenvalue weighted by atomic mass is 10.0. The first-order valence-corrected chi connectivity index (χ1v) is 8.86. The Morgan fingerprint density at radius 1 is 0.964 bits per heavy atom. The van der Waals surface area contributed by atoms with E-state index in [2.05, 4.69) is 15.6 Å². The van der Waals surface area contributed by atoms with E-state index < -0.39 is 6.04 Å². The molecule has 0 radical (unpaired) electrons. The fraction of sp³-hybridized carbons (Fsp3) is 0.136. The lowest BCUT2D eigenvalue weighted by molar-refractivity contribution is -0.118. The van der Waals surface area contributed by atoms with Crippen molar-refractivity contribution in [2.24, 2.45) is 0 Å². The summed E-state index contributed by atoms with van der Waals surface area (Å²) < 4.78 is 5.02. The lowest BCUT2D eigenvalue weighted by Crippen LogP contribution is -2.45. The Hall–Kier alpha value is -3.67. The molecule has 28 heavy (non-hydrogen) atoms. The molecule has 2 aromatic carbocycles. The minimum absolute atomic E-state index is 0.301. The van der Waals surface area contributed by atoms with Crippen LogP contribution in [0.3, 0.4) is 0 Å². The number of aromatic nitrogens is 1. The van der Waals surface area contributed by atoms with Crippen LogP contribution in [0.4, 0.5) is 5.69 Å². The fourth-order valence-electron chi connectivity index (χ4n) is 2.69. The van der Waals surface area contributed by atoms with Crippen molar-refractivity contribution >= 4 is 17.5 Å². The molecule has 0 saturated carbocycles. The zero-order chi connectivity index (χ0) is 19.8. The molecule has 0 saturated heterocycles. The summed E-state index contributed by atoms with van der Waals surface area (Å²) in [4.78, 5) is 29.5. The Balaban J connectivity index is 1.76. The number of nitrogens with zero attached hydrogens (tertiary/aromatic N) is 1. The molecule has 6 nitrogen and oxygen atoms in total. The van der Waals surface area contributed by atoms with E-state index in [1.54, 1.807) is 36.4 Å². The monoisotopic (exact) mass is 375 g/mol. The normalized spacial score (nSPS) is 11.3. The van der Waals surface area contributed by atoms with Crippen molar-refractivity contribution < 1.29 is 14.3 Å². The lowest BCUT2D eigenvalue weighted by Gasteiger charge is -2.19. The Labute approximate surface area is 163 Å². The van der Waals surface area contributed by atoms with Gasteiger partial charge in [0.2, 0.25) is 11.8 Å². The van der Waals surface area contributed by atoms with Crippen molar-refractivity contribution in [1.29, 1.82) is 0 Å². The highest BCUT2D eigenvalue weighted by atomic mass is 16.5. The van der Waals surface area contributed by atoms with Gasteiger partial charge in [0.15, 0.2) is 0 Å². The van der Waals surface area contributed by atoms with Crippen molar-refractivity contribution in [1.82, 2.24) is 10.3 Å². The summed E-state index contributed by atoms with van der Waals surface area (Å²) >= 11 is 0. The molecule has 0 aliphatic carbocycles. The Morgan fingerprint density at radius 3 is 2.25 bits per heavy atom. The minimum atomic E-state index is -0.739. The van der Waals surface area contributed by atoms with E-state index in [0.29, 0.717) is 23.6 Å². The van der Waals surface area contributed by atoms with Crippen LogP contribution >= 0.6 is 0 Å². The molecule has 1 atom stereocenters. The van der Waals surface area contributed by atoms with Crippen molar-refractivity contribution in [3.05, 3.63) is 90.1 Å². The largest absolute Gasteiger partial charge is 0.481 e. The zero-order valence-corrected chi connectivity index (χ0v) is 15.5. The standard InChI is InChI=1S/C22H21N3O3/c1-28-20-13-12-18(15-23-20)24-22(27)19(14-16-8-4-2-5-9-16)25-21(26)17-10-6-3-7-11-17/h2-13,15,19H,14H2,1H3,(H,24,27)(H,25,26). The number of hydrogen-bond acceptors (Lipinski definition) is 4. The first kappa shape index (κ1) is 19.1. The van der Waals surface area contributed by atoms with Gasteiger partial charge in [0.25, 0.3) is 5.91 Å². The maximum absolute atomic E-state index is 12.9. The third-order valence-corrected chi connectivity index (χ3v) is 4.15. The van der Waals surface area contributed by atoms with Crippen LogP contribution in [0, 0.1) is 0 Å². The molecular formula is C22H21N3O3. The summed E-state index contributed by atoms with van der Waals surface area (Å²) in [5, 5.41) is 5.63. The number of methoxy groups -OCH3 is 1. The Morgan fingerprint density at radius 2 is 1.64 bits per heavy atom. The number of rotatable bonds is 7. The van der Waals surface area contributed by atoms with Gasteiger partial charge in [-0.25, -0.2) is 4.98 Å². The molecule has 2 amide bonds. The SMILES string of the molecule is COc1ccc(NC(=O)C(Cc2ccccc2)NC(=O)c2ccccc2)cn1. The predicted octanol–water partition coefficient (Wildman–Crippen LogP) is 3.07. The second-order valence-corrected chi connectivity index (χ2v) is 6.16. The average molecular weight is 375 g/mol. The summed E-state index contributed by atoms with van der Waals surface area (Å²) in [5.41, 5.74) is 1.97. The third kappa shape index (κ3) is 5.17. The van der Waals surface area contributed by atoms with Gasteiger partial charge >= 0.3 is 0 Å². The summed E-state index contributed by atoms with van der Waals surface area (Å²) in [6, 6.07) is 21.0. The fourth-order valence-corrected chi connectivity index (χ4v) is 2.69.